The fraction of sp³-hybridized carbons (Fsp3) is 0.360. The smallest absolute Gasteiger partial charge is 0.194 e. The van der Waals surface area contributed by atoms with Gasteiger partial charge in [-0.25, -0.2) is 0 Å². The van der Waals surface area contributed by atoms with Crippen molar-refractivity contribution in [2.75, 3.05) is 38.1 Å². The first-order chi connectivity index (χ1) is 15.6. The van der Waals surface area contributed by atoms with Gasteiger partial charge in [0, 0.05) is 51.0 Å². The van der Waals surface area contributed by atoms with E-state index in [9.17, 15) is 5.11 Å². The van der Waals surface area contributed by atoms with Crippen molar-refractivity contribution in [2.45, 2.75) is 26.9 Å². The topological polar surface area (TPSA) is 68.9 Å². The van der Waals surface area contributed by atoms with Crippen molar-refractivity contribution in [3.63, 3.8) is 0 Å². The monoisotopic (exact) mass is 432 g/mol. The zero-order valence-electron chi connectivity index (χ0n) is 19.1. The summed E-state index contributed by atoms with van der Waals surface area (Å²) < 4.78 is 2.08. The molecule has 3 aromatic rings. The van der Waals surface area contributed by atoms with E-state index in [1.165, 1.54) is 16.8 Å². The molecule has 1 fully saturated rings. The molecule has 0 bridgehead atoms. The number of aryl methyl sites for hydroxylation is 1. The molecule has 1 aliphatic rings. The van der Waals surface area contributed by atoms with Gasteiger partial charge < -0.3 is 20.2 Å². The van der Waals surface area contributed by atoms with Crippen LogP contribution in [-0.4, -0.2) is 59.0 Å². The van der Waals surface area contributed by atoms with E-state index in [1.54, 1.807) is 6.07 Å². The molecule has 0 spiro atoms. The van der Waals surface area contributed by atoms with Crippen molar-refractivity contribution in [2.24, 2.45) is 4.99 Å². The Hall–Kier alpha value is -3.48. The van der Waals surface area contributed by atoms with Crippen LogP contribution in [-0.2, 0) is 13.1 Å². The summed E-state index contributed by atoms with van der Waals surface area (Å²) in [6, 6.07) is 17.9. The molecule has 0 saturated carbocycles. The maximum atomic E-state index is 10.1. The highest BCUT2D eigenvalue weighted by Crippen LogP contribution is 2.27. The van der Waals surface area contributed by atoms with Gasteiger partial charge in [-0.3, -0.25) is 9.67 Å². The van der Waals surface area contributed by atoms with Crippen LogP contribution >= 0.6 is 0 Å². The van der Waals surface area contributed by atoms with E-state index in [0.717, 1.165) is 50.1 Å². The number of nitrogens with zero attached hydrogens (tertiary/aromatic N) is 5. The largest absolute Gasteiger partial charge is 0.506 e. The van der Waals surface area contributed by atoms with E-state index in [2.05, 4.69) is 62.9 Å². The molecule has 0 unspecified atom stereocenters. The first kappa shape index (κ1) is 21.7. The van der Waals surface area contributed by atoms with Crippen LogP contribution in [0, 0.1) is 13.8 Å². The van der Waals surface area contributed by atoms with Crippen LogP contribution in [0.5, 0.6) is 5.75 Å². The molecule has 32 heavy (non-hydrogen) atoms. The van der Waals surface area contributed by atoms with Gasteiger partial charge in [0.25, 0.3) is 0 Å². The number of hydrogen-bond acceptors (Lipinski definition) is 4. The molecule has 1 saturated heterocycles. The Morgan fingerprint density at radius 2 is 1.69 bits per heavy atom. The molecule has 2 aromatic carbocycles. The second-order valence-electron chi connectivity index (χ2n) is 8.16. The van der Waals surface area contributed by atoms with Crippen molar-refractivity contribution in [3.8, 4) is 5.75 Å². The zero-order chi connectivity index (χ0) is 22.5. The van der Waals surface area contributed by atoms with Crippen LogP contribution in [0.4, 0.5) is 5.69 Å². The second-order valence-corrected chi connectivity index (χ2v) is 8.16. The predicted molar refractivity (Wildman–Crippen MR) is 129 cm³/mol. The minimum atomic E-state index is 0.335. The van der Waals surface area contributed by atoms with Gasteiger partial charge in [0.15, 0.2) is 5.96 Å². The van der Waals surface area contributed by atoms with Gasteiger partial charge in [0.05, 0.1) is 17.9 Å². The Morgan fingerprint density at radius 3 is 2.38 bits per heavy atom. The fourth-order valence-corrected chi connectivity index (χ4v) is 4.29. The number of aromatic nitrogens is 2. The molecule has 1 aromatic heterocycles. The summed E-state index contributed by atoms with van der Waals surface area (Å²) in [6.07, 6.45) is 0. The third-order valence-corrected chi connectivity index (χ3v) is 6.14. The van der Waals surface area contributed by atoms with Gasteiger partial charge in [-0.2, -0.15) is 5.10 Å². The Labute approximate surface area is 190 Å². The predicted octanol–water partition coefficient (Wildman–Crippen LogP) is 3.15. The van der Waals surface area contributed by atoms with Gasteiger partial charge in [0.1, 0.15) is 5.75 Å². The Balaban J connectivity index is 1.37. The SMILES string of the molecule is CN=C(NCc1c(C)nn(Cc2ccccc2)c1C)N1CCN(c2ccccc2O)CC1. The molecule has 0 atom stereocenters. The number of benzene rings is 2. The van der Waals surface area contributed by atoms with Crippen molar-refractivity contribution < 1.29 is 5.11 Å². The zero-order valence-corrected chi connectivity index (χ0v) is 19.1. The third kappa shape index (κ3) is 4.72. The van der Waals surface area contributed by atoms with Crippen molar-refractivity contribution in [1.29, 1.82) is 0 Å². The third-order valence-electron chi connectivity index (χ3n) is 6.14. The maximum Gasteiger partial charge on any atom is 0.194 e. The van der Waals surface area contributed by atoms with Gasteiger partial charge in [-0.1, -0.05) is 42.5 Å². The summed E-state index contributed by atoms with van der Waals surface area (Å²) in [5.74, 6) is 1.23. The van der Waals surface area contributed by atoms with Gasteiger partial charge in [0.2, 0.25) is 0 Å². The molecule has 2 heterocycles. The number of nitrogens with one attached hydrogen (secondary N) is 1. The lowest BCUT2D eigenvalue weighted by atomic mass is 10.2. The van der Waals surface area contributed by atoms with E-state index in [4.69, 9.17) is 5.10 Å². The number of guanidine groups is 1. The number of aromatic hydroxyl groups is 1. The van der Waals surface area contributed by atoms with Crippen LogP contribution < -0.4 is 10.2 Å². The summed E-state index contributed by atoms with van der Waals surface area (Å²) >= 11 is 0. The second kappa shape index (κ2) is 9.77. The summed E-state index contributed by atoms with van der Waals surface area (Å²) in [5, 5.41) is 18.4. The Kier molecular flexibility index (Phi) is 6.63. The molecule has 168 valence electrons. The van der Waals surface area contributed by atoms with Crippen molar-refractivity contribution in [3.05, 3.63) is 77.1 Å². The standard InChI is InChI=1S/C25H32N6O/c1-19-22(20(2)31(28-19)18-21-9-5-4-6-10-21)17-27-25(26-3)30-15-13-29(14-16-30)23-11-7-8-12-24(23)32/h4-12,32H,13-18H2,1-3H3,(H,26,27). The van der Waals surface area contributed by atoms with Gasteiger partial charge in [-0.15, -0.1) is 0 Å². The molecule has 4 rings (SSSR count). The number of rotatable bonds is 5. The molecule has 1 aliphatic heterocycles. The van der Waals surface area contributed by atoms with E-state index in [1.807, 2.05) is 31.3 Å². The van der Waals surface area contributed by atoms with E-state index in [-0.39, 0.29) is 0 Å². The average molecular weight is 433 g/mol. The van der Waals surface area contributed by atoms with Crippen LogP contribution in [0.25, 0.3) is 0 Å². The van der Waals surface area contributed by atoms with Crippen LogP contribution in [0.15, 0.2) is 59.6 Å². The van der Waals surface area contributed by atoms with E-state index in [0.29, 0.717) is 12.3 Å². The highest BCUT2D eigenvalue weighted by atomic mass is 16.3. The lowest BCUT2D eigenvalue weighted by Gasteiger charge is -2.37. The quantitative estimate of drug-likeness (QED) is 0.479. The van der Waals surface area contributed by atoms with Crippen molar-refractivity contribution in [1.82, 2.24) is 20.0 Å². The molecule has 0 radical (unpaired) electrons. The minimum Gasteiger partial charge on any atom is -0.506 e. The number of anilines is 1. The number of aliphatic imine (C=N–C) groups is 1. The van der Waals surface area contributed by atoms with Crippen LogP contribution in [0.2, 0.25) is 0 Å². The maximum absolute atomic E-state index is 10.1. The first-order valence-corrected chi connectivity index (χ1v) is 11.1. The van der Waals surface area contributed by atoms with Crippen LogP contribution in [0.1, 0.15) is 22.5 Å². The van der Waals surface area contributed by atoms with Crippen molar-refractivity contribution >= 4 is 11.6 Å². The van der Waals surface area contributed by atoms with E-state index < -0.39 is 0 Å². The summed E-state index contributed by atoms with van der Waals surface area (Å²) in [5.41, 5.74) is 5.59. The van der Waals surface area contributed by atoms with E-state index >= 15 is 0 Å². The highest BCUT2D eigenvalue weighted by molar-refractivity contribution is 5.80. The number of hydrogen-bond donors (Lipinski definition) is 2. The molecule has 7 heteroatoms. The molecule has 0 amide bonds. The summed E-state index contributed by atoms with van der Waals surface area (Å²) in [6.45, 7) is 9.04. The molecular formula is C25H32N6O. The number of phenols is 1. The summed E-state index contributed by atoms with van der Waals surface area (Å²) in [4.78, 5) is 9.01. The van der Waals surface area contributed by atoms with Crippen LogP contribution in [0.3, 0.4) is 0 Å². The molecule has 0 aliphatic carbocycles. The number of piperazine rings is 1. The number of para-hydroxylation sites is 2. The number of phenolic OH excluding ortho intramolecular Hbond substituents is 1. The summed E-state index contributed by atoms with van der Waals surface area (Å²) in [7, 11) is 1.83. The normalized spacial score (nSPS) is 14.7. The Morgan fingerprint density at radius 1 is 1.00 bits per heavy atom. The minimum absolute atomic E-state index is 0.335. The fourth-order valence-electron chi connectivity index (χ4n) is 4.29. The molecule has 2 N–H and O–H groups in total. The average Bonchev–Trinajstić information content (AvgIpc) is 3.08. The lowest BCUT2D eigenvalue weighted by molar-refractivity contribution is 0.369. The first-order valence-electron chi connectivity index (χ1n) is 11.1. The lowest BCUT2D eigenvalue weighted by Crippen LogP contribution is -2.52. The van der Waals surface area contributed by atoms with Gasteiger partial charge >= 0.3 is 0 Å². The molecular weight excluding hydrogens is 400 g/mol. The Bertz CT molecular complexity index is 1070. The van der Waals surface area contributed by atoms with Gasteiger partial charge in [-0.05, 0) is 31.5 Å². The highest BCUT2D eigenvalue weighted by Gasteiger charge is 2.22. The molecule has 7 nitrogen and oxygen atoms in total.